The van der Waals surface area contributed by atoms with E-state index in [2.05, 4.69) is 25.3 Å². The van der Waals surface area contributed by atoms with Gasteiger partial charge in [0, 0.05) is 36.7 Å². The molecule has 1 fully saturated rings. The number of hydrogen-bond acceptors (Lipinski definition) is 8. The highest BCUT2D eigenvalue weighted by atomic mass is 32.2. The fraction of sp³-hybridized carbons (Fsp3) is 0.323. The summed E-state index contributed by atoms with van der Waals surface area (Å²) in [6.07, 6.45) is -7.09. The Morgan fingerprint density at radius 1 is 1.00 bits per heavy atom. The molecule has 1 saturated heterocycles. The zero-order valence-electron chi connectivity index (χ0n) is 24.9. The summed E-state index contributed by atoms with van der Waals surface area (Å²) in [4.78, 5) is 47.6. The maximum absolute atomic E-state index is 13.4. The topological polar surface area (TPSA) is 134 Å². The Hall–Kier alpha value is -4.80. The molecule has 2 heterocycles. The Kier molecular flexibility index (Phi) is 11.9. The van der Waals surface area contributed by atoms with Crippen LogP contribution in [0, 0.1) is 5.92 Å². The Morgan fingerprint density at radius 3 is 2.27 bits per heavy atom. The van der Waals surface area contributed by atoms with Gasteiger partial charge in [0.1, 0.15) is 23.2 Å². The Labute approximate surface area is 274 Å². The van der Waals surface area contributed by atoms with E-state index >= 15 is 0 Å². The van der Waals surface area contributed by atoms with E-state index in [0.717, 1.165) is 30.0 Å². The number of anilines is 1. The van der Waals surface area contributed by atoms with Crippen molar-refractivity contribution in [2.45, 2.75) is 37.2 Å². The molecule has 1 aliphatic rings. The number of alkyl halides is 6. The number of rotatable bonds is 12. The summed E-state index contributed by atoms with van der Waals surface area (Å²) in [5, 5.41) is 14.6. The third kappa shape index (κ3) is 10.9. The van der Waals surface area contributed by atoms with Crippen LogP contribution in [-0.2, 0) is 26.3 Å². The summed E-state index contributed by atoms with van der Waals surface area (Å²) >= 11 is 1.26. The number of ether oxygens (including phenoxy) is 1. The van der Waals surface area contributed by atoms with Crippen LogP contribution in [0.25, 0.3) is 6.08 Å². The molecule has 1 aromatic heterocycles. The number of hydrogen-bond donors (Lipinski definition) is 3. The van der Waals surface area contributed by atoms with E-state index in [1.807, 2.05) is 30.3 Å². The summed E-state index contributed by atoms with van der Waals surface area (Å²) < 4.78 is 81.0. The molecule has 0 bridgehead atoms. The molecular formula is C31H29F6N5O5S. The first-order chi connectivity index (χ1) is 22.7. The SMILES string of the molecule is O=C(N[C@@H](CSCc1ccccc1)C(=O)O)C(=Cc1ccc(OC(F)(F)F)cc1)NC(=O)C1CCN(c2nccc(C(F)(F)F)n2)CC1. The van der Waals surface area contributed by atoms with E-state index in [-0.39, 0.29) is 48.9 Å². The van der Waals surface area contributed by atoms with Crippen molar-refractivity contribution in [3.05, 3.63) is 89.4 Å². The molecule has 3 aromatic rings. The average molecular weight is 698 g/mol. The van der Waals surface area contributed by atoms with Gasteiger partial charge >= 0.3 is 18.5 Å². The number of benzene rings is 2. The molecule has 256 valence electrons. The van der Waals surface area contributed by atoms with Gasteiger partial charge < -0.3 is 25.4 Å². The number of thioether (sulfide) groups is 1. The fourth-order valence-corrected chi connectivity index (χ4v) is 5.61. The van der Waals surface area contributed by atoms with Crippen LogP contribution in [0.15, 0.2) is 72.6 Å². The molecule has 0 spiro atoms. The van der Waals surface area contributed by atoms with E-state index in [0.29, 0.717) is 5.75 Å². The van der Waals surface area contributed by atoms with E-state index < -0.39 is 53.7 Å². The molecule has 1 aliphatic heterocycles. The van der Waals surface area contributed by atoms with Crippen molar-refractivity contribution in [1.29, 1.82) is 0 Å². The van der Waals surface area contributed by atoms with Crippen molar-refractivity contribution in [3.63, 3.8) is 0 Å². The first kappa shape index (κ1) is 36.0. The summed E-state index contributed by atoms with van der Waals surface area (Å²) in [5.74, 6) is -3.81. The first-order valence-electron chi connectivity index (χ1n) is 14.4. The molecule has 0 radical (unpaired) electrons. The van der Waals surface area contributed by atoms with Crippen LogP contribution in [-0.4, -0.2) is 64.1 Å². The molecular weight excluding hydrogens is 668 g/mol. The number of carboxylic acids is 1. The van der Waals surface area contributed by atoms with Gasteiger partial charge in [-0.3, -0.25) is 9.59 Å². The van der Waals surface area contributed by atoms with Crippen molar-refractivity contribution >= 4 is 41.6 Å². The number of aromatic nitrogens is 2. The minimum Gasteiger partial charge on any atom is -0.480 e. The van der Waals surface area contributed by atoms with E-state index in [1.54, 1.807) is 0 Å². The van der Waals surface area contributed by atoms with Gasteiger partial charge in [0.05, 0.1) is 0 Å². The quantitative estimate of drug-likeness (QED) is 0.171. The highest BCUT2D eigenvalue weighted by Crippen LogP contribution is 2.29. The lowest BCUT2D eigenvalue weighted by Crippen LogP contribution is -2.47. The molecule has 0 aliphatic carbocycles. The molecule has 0 unspecified atom stereocenters. The minimum atomic E-state index is -4.93. The van der Waals surface area contributed by atoms with Crippen molar-refractivity contribution in [1.82, 2.24) is 20.6 Å². The van der Waals surface area contributed by atoms with Crippen molar-refractivity contribution in [2.75, 3.05) is 23.7 Å². The van der Waals surface area contributed by atoms with Gasteiger partial charge in [0.25, 0.3) is 5.91 Å². The fourth-order valence-electron chi connectivity index (χ4n) is 4.61. The molecule has 48 heavy (non-hydrogen) atoms. The number of carbonyl (C=O) groups is 3. The Balaban J connectivity index is 1.46. The van der Waals surface area contributed by atoms with Crippen LogP contribution < -0.4 is 20.3 Å². The summed E-state index contributed by atoms with van der Waals surface area (Å²) in [5.41, 5.74) is -0.344. The van der Waals surface area contributed by atoms with Gasteiger partial charge in [-0.2, -0.15) is 24.9 Å². The number of aliphatic carboxylic acids is 1. The number of carboxylic acid groups (broad SMARTS) is 1. The van der Waals surface area contributed by atoms with Gasteiger partial charge in [0.2, 0.25) is 11.9 Å². The number of carbonyl (C=O) groups excluding carboxylic acids is 2. The number of halogens is 6. The van der Waals surface area contributed by atoms with Gasteiger partial charge in [-0.1, -0.05) is 42.5 Å². The smallest absolute Gasteiger partial charge is 0.480 e. The number of nitrogens with zero attached hydrogens (tertiary/aromatic N) is 3. The molecule has 0 saturated carbocycles. The standard InChI is InChI=1S/C31H29F6N5O5S/c32-30(33,34)25-10-13-38-29(41-25)42-14-11-21(12-15-42)26(43)39-23(16-19-6-8-22(9-7-19)47-31(35,36)37)27(44)40-24(28(45)46)18-48-17-20-4-2-1-3-5-20/h1-10,13,16,21,24H,11-12,14-15,17-18H2,(H,39,43)(H,40,44)(H,45,46)/t24-/m0/s1. The molecule has 2 amide bonds. The summed E-state index contributed by atoms with van der Waals surface area (Å²) in [6, 6.07) is 13.0. The predicted molar refractivity (Wildman–Crippen MR) is 163 cm³/mol. The van der Waals surface area contributed by atoms with Crippen molar-refractivity contribution in [3.8, 4) is 5.75 Å². The molecule has 4 rings (SSSR count). The second-order valence-corrected chi connectivity index (χ2v) is 11.6. The van der Waals surface area contributed by atoms with Crippen LogP contribution in [0.5, 0.6) is 5.75 Å². The van der Waals surface area contributed by atoms with Crippen LogP contribution in [0.2, 0.25) is 0 Å². The normalized spacial score (nSPS) is 15.0. The number of amides is 2. The van der Waals surface area contributed by atoms with Crippen LogP contribution in [0.3, 0.4) is 0 Å². The van der Waals surface area contributed by atoms with Gasteiger partial charge in [-0.25, -0.2) is 14.8 Å². The highest BCUT2D eigenvalue weighted by molar-refractivity contribution is 7.98. The lowest BCUT2D eigenvalue weighted by atomic mass is 9.96. The van der Waals surface area contributed by atoms with Gasteiger partial charge in [-0.15, -0.1) is 13.2 Å². The first-order valence-corrected chi connectivity index (χ1v) is 15.5. The van der Waals surface area contributed by atoms with Crippen molar-refractivity contribution < 1.29 is 50.6 Å². The maximum Gasteiger partial charge on any atom is 0.573 e. The summed E-state index contributed by atoms with van der Waals surface area (Å²) in [7, 11) is 0. The van der Waals surface area contributed by atoms with E-state index in [1.165, 1.54) is 34.9 Å². The second kappa shape index (κ2) is 15.9. The zero-order chi connectivity index (χ0) is 34.9. The summed E-state index contributed by atoms with van der Waals surface area (Å²) in [6.45, 7) is 0.260. The van der Waals surface area contributed by atoms with Crippen LogP contribution in [0.1, 0.15) is 29.7 Å². The van der Waals surface area contributed by atoms with Gasteiger partial charge in [-0.05, 0) is 48.2 Å². The lowest BCUT2D eigenvalue weighted by Gasteiger charge is -2.31. The van der Waals surface area contributed by atoms with Crippen LogP contribution >= 0.6 is 11.8 Å². The molecule has 17 heteroatoms. The maximum atomic E-state index is 13.4. The predicted octanol–water partition coefficient (Wildman–Crippen LogP) is 5.27. The molecule has 1 atom stereocenters. The zero-order valence-corrected chi connectivity index (χ0v) is 25.7. The van der Waals surface area contributed by atoms with Gasteiger partial charge in [0.15, 0.2) is 0 Å². The lowest BCUT2D eigenvalue weighted by molar-refractivity contribution is -0.274. The minimum absolute atomic E-state index is 0.0171. The molecule has 3 N–H and O–H groups in total. The molecule has 2 aromatic carbocycles. The van der Waals surface area contributed by atoms with Crippen molar-refractivity contribution in [2.24, 2.45) is 5.92 Å². The molecule has 10 nitrogen and oxygen atoms in total. The third-order valence-electron chi connectivity index (χ3n) is 7.01. The Morgan fingerprint density at radius 2 is 1.67 bits per heavy atom. The van der Waals surface area contributed by atoms with Crippen LogP contribution in [0.4, 0.5) is 32.3 Å². The number of piperidine rings is 1. The highest BCUT2D eigenvalue weighted by Gasteiger charge is 2.34. The van der Waals surface area contributed by atoms with E-state index in [9.17, 15) is 45.8 Å². The second-order valence-electron chi connectivity index (χ2n) is 10.5. The Bertz CT molecular complexity index is 1600. The average Bonchev–Trinajstić information content (AvgIpc) is 3.04. The third-order valence-corrected chi connectivity index (χ3v) is 8.12. The monoisotopic (exact) mass is 697 g/mol. The number of nitrogens with one attached hydrogen (secondary N) is 2. The largest absolute Gasteiger partial charge is 0.573 e. The van der Waals surface area contributed by atoms with E-state index in [4.69, 9.17) is 0 Å².